The van der Waals surface area contributed by atoms with Gasteiger partial charge in [0, 0.05) is 22.8 Å². The van der Waals surface area contributed by atoms with Crippen LogP contribution in [-0.4, -0.2) is 24.7 Å². The molecule has 2 N–H and O–H groups in total. The van der Waals surface area contributed by atoms with Crippen LogP contribution >= 0.6 is 11.8 Å². The maximum absolute atomic E-state index is 12.9. The topological polar surface area (TPSA) is 46.3 Å². The van der Waals surface area contributed by atoms with E-state index in [1.165, 1.54) is 4.90 Å². The molecule has 0 aromatic heterocycles. The molecule has 0 aliphatic carbocycles. The lowest BCUT2D eigenvalue weighted by molar-refractivity contribution is 0.0987. The minimum absolute atomic E-state index is 0.0757. The fourth-order valence-corrected chi connectivity index (χ4v) is 3.62. The highest BCUT2D eigenvalue weighted by Crippen LogP contribution is 2.35. The monoisotopic (exact) mass is 298 g/mol. The second-order valence-electron chi connectivity index (χ2n) is 4.97. The van der Waals surface area contributed by atoms with Crippen LogP contribution in [-0.2, 0) is 6.42 Å². The number of nitrogens with zero attached hydrogens (tertiary/aromatic N) is 1. The Morgan fingerprint density at radius 2 is 1.90 bits per heavy atom. The van der Waals surface area contributed by atoms with Gasteiger partial charge in [-0.3, -0.25) is 4.79 Å². The average Bonchev–Trinajstić information content (AvgIpc) is 2.54. The number of carbonyl (C=O) groups excluding carboxylic acids is 1. The molecule has 0 saturated carbocycles. The largest absolute Gasteiger partial charge is 0.330 e. The van der Waals surface area contributed by atoms with Crippen molar-refractivity contribution >= 4 is 23.4 Å². The van der Waals surface area contributed by atoms with E-state index < -0.39 is 0 Å². The van der Waals surface area contributed by atoms with Crippen LogP contribution in [0, 0.1) is 0 Å². The number of hydrogen-bond donors (Lipinski definition) is 1. The van der Waals surface area contributed by atoms with E-state index in [9.17, 15) is 4.79 Å². The van der Waals surface area contributed by atoms with E-state index in [1.54, 1.807) is 11.8 Å². The number of carbonyl (C=O) groups is 1. The van der Waals surface area contributed by atoms with Gasteiger partial charge < -0.3 is 10.6 Å². The van der Waals surface area contributed by atoms with Gasteiger partial charge in [-0.05, 0) is 36.7 Å². The molecule has 2 aromatic rings. The highest BCUT2D eigenvalue weighted by atomic mass is 32.2. The molecule has 0 atom stereocenters. The van der Waals surface area contributed by atoms with E-state index in [0.717, 1.165) is 35.5 Å². The third-order valence-corrected chi connectivity index (χ3v) is 4.68. The van der Waals surface area contributed by atoms with Crippen LogP contribution in [0.4, 0.5) is 5.69 Å². The van der Waals surface area contributed by atoms with Crippen LogP contribution < -0.4 is 10.6 Å². The SMILES string of the molecule is NCCc1ccccc1C(=O)N1CCSc2ccccc21. The lowest BCUT2D eigenvalue weighted by atomic mass is 10.0. The van der Waals surface area contributed by atoms with Crippen LogP contribution in [0.3, 0.4) is 0 Å². The van der Waals surface area contributed by atoms with Crippen molar-refractivity contribution in [2.24, 2.45) is 5.73 Å². The molecule has 108 valence electrons. The van der Waals surface area contributed by atoms with Crippen molar-refractivity contribution in [2.75, 3.05) is 23.7 Å². The van der Waals surface area contributed by atoms with E-state index in [-0.39, 0.29) is 5.91 Å². The molecule has 0 saturated heterocycles. The van der Waals surface area contributed by atoms with Gasteiger partial charge in [-0.1, -0.05) is 30.3 Å². The van der Waals surface area contributed by atoms with Gasteiger partial charge in [-0.25, -0.2) is 0 Å². The Kier molecular flexibility index (Phi) is 4.27. The van der Waals surface area contributed by atoms with Crippen molar-refractivity contribution in [2.45, 2.75) is 11.3 Å². The van der Waals surface area contributed by atoms with E-state index >= 15 is 0 Å². The first-order chi connectivity index (χ1) is 10.3. The van der Waals surface area contributed by atoms with Crippen LogP contribution in [0.2, 0.25) is 0 Å². The summed E-state index contributed by atoms with van der Waals surface area (Å²) in [5.41, 5.74) is 8.47. The van der Waals surface area contributed by atoms with Gasteiger partial charge in [0.1, 0.15) is 0 Å². The summed E-state index contributed by atoms with van der Waals surface area (Å²) in [4.78, 5) is 16.0. The Labute approximate surface area is 129 Å². The Morgan fingerprint density at radius 3 is 2.76 bits per heavy atom. The number of thioether (sulfide) groups is 1. The summed E-state index contributed by atoms with van der Waals surface area (Å²) < 4.78 is 0. The van der Waals surface area contributed by atoms with Crippen molar-refractivity contribution in [3.05, 3.63) is 59.7 Å². The van der Waals surface area contributed by atoms with Crippen LogP contribution in [0.15, 0.2) is 53.4 Å². The summed E-state index contributed by atoms with van der Waals surface area (Å²) in [5.74, 6) is 1.01. The minimum atomic E-state index is 0.0757. The first kappa shape index (κ1) is 14.2. The van der Waals surface area contributed by atoms with Gasteiger partial charge in [0.2, 0.25) is 0 Å². The molecule has 2 aromatic carbocycles. The van der Waals surface area contributed by atoms with Gasteiger partial charge in [0.05, 0.1) is 5.69 Å². The minimum Gasteiger partial charge on any atom is -0.330 e. The smallest absolute Gasteiger partial charge is 0.258 e. The standard InChI is InChI=1S/C17H18N2OS/c18-10-9-13-5-1-2-6-14(13)17(20)19-11-12-21-16-8-4-3-7-15(16)19/h1-8H,9-12,18H2. The number of para-hydroxylation sites is 1. The molecule has 4 heteroatoms. The summed E-state index contributed by atoms with van der Waals surface area (Å²) in [6.07, 6.45) is 0.728. The maximum atomic E-state index is 12.9. The zero-order valence-electron chi connectivity index (χ0n) is 11.8. The summed E-state index contributed by atoms with van der Waals surface area (Å²) in [5, 5.41) is 0. The number of fused-ring (bicyclic) bond motifs is 1. The highest BCUT2D eigenvalue weighted by Gasteiger charge is 2.24. The van der Waals surface area contributed by atoms with Gasteiger partial charge >= 0.3 is 0 Å². The average molecular weight is 298 g/mol. The van der Waals surface area contributed by atoms with Crippen molar-refractivity contribution in [1.29, 1.82) is 0 Å². The zero-order valence-corrected chi connectivity index (χ0v) is 12.6. The van der Waals surface area contributed by atoms with E-state index in [0.29, 0.717) is 6.54 Å². The molecule has 3 rings (SSSR count). The lowest BCUT2D eigenvalue weighted by Gasteiger charge is -2.29. The number of rotatable bonds is 3. The van der Waals surface area contributed by atoms with Crippen LogP contribution in [0.5, 0.6) is 0 Å². The van der Waals surface area contributed by atoms with Crippen molar-refractivity contribution in [3.8, 4) is 0 Å². The molecule has 3 nitrogen and oxygen atoms in total. The number of hydrogen-bond acceptors (Lipinski definition) is 3. The molecule has 1 heterocycles. The number of benzene rings is 2. The third-order valence-electron chi connectivity index (χ3n) is 3.64. The van der Waals surface area contributed by atoms with E-state index in [1.807, 2.05) is 47.4 Å². The van der Waals surface area contributed by atoms with Gasteiger partial charge in [0.15, 0.2) is 0 Å². The Hall–Kier alpha value is -1.78. The summed E-state index contributed by atoms with van der Waals surface area (Å²) in [6, 6.07) is 15.9. The molecule has 0 radical (unpaired) electrons. The molecular formula is C17H18N2OS. The predicted octanol–water partition coefficient (Wildman–Crippen LogP) is 2.94. The van der Waals surface area contributed by atoms with Crippen molar-refractivity contribution in [1.82, 2.24) is 0 Å². The molecule has 1 amide bonds. The lowest BCUT2D eigenvalue weighted by Crippen LogP contribution is -2.36. The molecule has 0 bridgehead atoms. The quantitative estimate of drug-likeness (QED) is 0.947. The Morgan fingerprint density at radius 1 is 1.14 bits per heavy atom. The van der Waals surface area contributed by atoms with Gasteiger partial charge in [0.25, 0.3) is 5.91 Å². The fraction of sp³-hybridized carbons (Fsp3) is 0.235. The molecule has 1 aliphatic rings. The van der Waals surface area contributed by atoms with Gasteiger partial charge in [-0.15, -0.1) is 11.8 Å². The molecular weight excluding hydrogens is 280 g/mol. The van der Waals surface area contributed by atoms with E-state index in [4.69, 9.17) is 5.73 Å². The molecule has 0 spiro atoms. The van der Waals surface area contributed by atoms with Crippen LogP contribution in [0.1, 0.15) is 15.9 Å². The fourth-order valence-electron chi connectivity index (χ4n) is 2.63. The first-order valence-corrected chi connectivity index (χ1v) is 8.11. The molecule has 1 aliphatic heterocycles. The zero-order chi connectivity index (χ0) is 14.7. The first-order valence-electron chi connectivity index (χ1n) is 7.13. The number of anilines is 1. The number of amides is 1. The Bertz CT molecular complexity index is 657. The Balaban J connectivity index is 1.97. The van der Waals surface area contributed by atoms with E-state index in [2.05, 4.69) is 6.07 Å². The van der Waals surface area contributed by atoms with Gasteiger partial charge in [-0.2, -0.15) is 0 Å². The summed E-state index contributed by atoms with van der Waals surface area (Å²) >= 11 is 1.81. The second kappa shape index (κ2) is 6.33. The number of nitrogens with two attached hydrogens (primary N) is 1. The third kappa shape index (κ3) is 2.82. The predicted molar refractivity (Wildman–Crippen MR) is 88.0 cm³/mol. The maximum Gasteiger partial charge on any atom is 0.258 e. The summed E-state index contributed by atoms with van der Waals surface area (Å²) in [7, 11) is 0. The summed E-state index contributed by atoms with van der Waals surface area (Å²) in [6.45, 7) is 1.30. The normalized spacial score (nSPS) is 13.9. The molecule has 0 fully saturated rings. The second-order valence-corrected chi connectivity index (χ2v) is 6.11. The van der Waals surface area contributed by atoms with Crippen LogP contribution in [0.25, 0.3) is 0 Å². The van der Waals surface area contributed by atoms with Crippen molar-refractivity contribution in [3.63, 3.8) is 0 Å². The highest BCUT2D eigenvalue weighted by molar-refractivity contribution is 7.99. The molecule has 21 heavy (non-hydrogen) atoms. The molecule has 0 unspecified atom stereocenters. The van der Waals surface area contributed by atoms with Crippen molar-refractivity contribution < 1.29 is 4.79 Å².